The number of nitrogens with zero attached hydrogens (tertiary/aromatic N) is 2. The molecule has 4 nitrogen and oxygen atoms in total. The van der Waals surface area contributed by atoms with Crippen LogP contribution in [0.15, 0.2) is 42.7 Å². The summed E-state index contributed by atoms with van der Waals surface area (Å²) in [4.78, 5) is 10.7. The minimum atomic E-state index is -0.952. The molecule has 0 bridgehead atoms. The largest absolute Gasteiger partial charge is 0.478 e. The molecule has 1 N–H and O–H groups in total. The second-order valence-corrected chi connectivity index (χ2v) is 3.60. The Hall–Kier alpha value is -2.10. The van der Waals surface area contributed by atoms with E-state index >= 15 is 0 Å². The van der Waals surface area contributed by atoms with Gasteiger partial charge in [0.25, 0.3) is 0 Å². The van der Waals surface area contributed by atoms with Crippen LogP contribution in [0.3, 0.4) is 0 Å². The Bertz CT molecular complexity index is 491. The van der Waals surface area contributed by atoms with Gasteiger partial charge in [0, 0.05) is 6.20 Å². The molecule has 0 saturated heterocycles. The van der Waals surface area contributed by atoms with Gasteiger partial charge < -0.3 is 5.11 Å². The van der Waals surface area contributed by atoms with Gasteiger partial charge in [0.1, 0.15) is 0 Å². The third-order valence-electron chi connectivity index (χ3n) is 2.53. The van der Waals surface area contributed by atoms with Crippen LogP contribution in [0.2, 0.25) is 0 Å². The molecule has 1 atom stereocenters. The first-order chi connectivity index (χ1) is 7.68. The quantitative estimate of drug-likeness (QED) is 0.855. The van der Waals surface area contributed by atoms with Crippen molar-refractivity contribution >= 4 is 5.97 Å². The van der Waals surface area contributed by atoms with E-state index in [2.05, 4.69) is 5.10 Å². The second kappa shape index (κ2) is 4.18. The molecular weight excluding hydrogens is 204 g/mol. The van der Waals surface area contributed by atoms with E-state index in [-0.39, 0.29) is 11.6 Å². The van der Waals surface area contributed by atoms with Crippen molar-refractivity contribution in [3.63, 3.8) is 0 Å². The molecule has 0 aliphatic heterocycles. The Kier molecular flexibility index (Phi) is 2.72. The van der Waals surface area contributed by atoms with Crippen LogP contribution in [0.1, 0.15) is 28.9 Å². The van der Waals surface area contributed by atoms with Gasteiger partial charge in [-0.2, -0.15) is 5.10 Å². The number of carbonyl (C=O) groups is 1. The monoisotopic (exact) mass is 216 g/mol. The molecule has 0 saturated carbocycles. The zero-order chi connectivity index (χ0) is 11.5. The van der Waals surface area contributed by atoms with Crippen LogP contribution in [-0.2, 0) is 0 Å². The third kappa shape index (κ3) is 1.95. The topological polar surface area (TPSA) is 55.1 Å². The van der Waals surface area contributed by atoms with E-state index in [0.29, 0.717) is 0 Å². The number of rotatable bonds is 3. The van der Waals surface area contributed by atoms with Crippen LogP contribution < -0.4 is 0 Å². The standard InChI is InChI=1S/C12H12N2O2/c1-9(10-5-3-2-4-6-10)14-8-11(7-13-14)12(15)16/h2-9H,1H3,(H,15,16). The predicted molar refractivity (Wildman–Crippen MR) is 59.4 cm³/mol. The molecule has 0 radical (unpaired) electrons. The number of benzene rings is 1. The number of aromatic nitrogens is 2. The normalized spacial score (nSPS) is 12.3. The van der Waals surface area contributed by atoms with Crippen molar-refractivity contribution in [3.05, 3.63) is 53.9 Å². The number of hydrogen-bond acceptors (Lipinski definition) is 2. The summed E-state index contributed by atoms with van der Waals surface area (Å²) in [6.45, 7) is 1.98. The molecule has 4 heteroatoms. The maximum atomic E-state index is 10.7. The van der Waals surface area contributed by atoms with Crippen LogP contribution in [-0.4, -0.2) is 20.9 Å². The fraction of sp³-hybridized carbons (Fsp3) is 0.167. The maximum absolute atomic E-state index is 10.7. The molecular formula is C12H12N2O2. The van der Waals surface area contributed by atoms with Crippen molar-refractivity contribution in [1.29, 1.82) is 0 Å². The zero-order valence-corrected chi connectivity index (χ0v) is 8.87. The van der Waals surface area contributed by atoms with Crippen LogP contribution in [0.5, 0.6) is 0 Å². The van der Waals surface area contributed by atoms with Gasteiger partial charge >= 0.3 is 5.97 Å². The lowest BCUT2D eigenvalue weighted by molar-refractivity contribution is 0.0697. The summed E-state index contributed by atoms with van der Waals surface area (Å²) >= 11 is 0. The van der Waals surface area contributed by atoms with E-state index in [1.165, 1.54) is 6.20 Å². The fourth-order valence-electron chi connectivity index (χ4n) is 1.54. The molecule has 0 spiro atoms. The summed E-state index contributed by atoms with van der Waals surface area (Å²) in [5, 5.41) is 12.8. The van der Waals surface area contributed by atoms with Gasteiger partial charge in [-0.25, -0.2) is 4.79 Å². The van der Waals surface area contributed by atoms with E-state index in [4.69, 9.17) is 5.11 Å². The molecule has 2 rings (SSSR count). The summed E-state index contributed by atoms with van der Waals surface area (Å²) in [6.07, 6.45) is 2.90. The van der Waals surface area contributed by atoms with Gasteiger partial charge in [-0.1, -0.05) is 30.3 Å². The molecule has 0 aliphatic rings. The van der Waals surface area contributed by atoms with Gasteiger partial charge in [0.2, 0.25) is 0 Å². The summed E-state index contributed by atoms with van der Waals surface area (Å²) in [7, 11) is 0. The van der Waals surface area contributed by atoms with Crippen molar-refractivity contribution < 1.29 is 9.90 Å². The average Bonchev–Trinajstić information content (AvgIpc) is 2.78. The van der Waals surface area contributed by atoms with Crippen LogP contribution in [0.25, 0.3) is 0 Å². The summed E-state index contributed by atoms with van der Waals surface area (Å²) in [5.74, 6) is -0.952. The van der Waals surface area contributed by atoms with Gasteiger partial charge in [0.05, 0.1) is 17.8 Å². The molecule has 16 heavy (non-hydrogen) atoms. The lowest BCUT2D eigenvalue weighted by atomic mass is 10.1. The van der Waals surface area contributed by atoms with E-state index in [1.54, 1.807) is 10.9 Å². The molecule has 1 aromatic carbocycles. The van der Waals surface area contributed by atoms with Crippen molar-refractivity contribution in [2.24, 2.45) is 0 Å². The molecule has 1 aromatic heterocycles. The summed E-state index contributed by atoms with van der Waals surface area (Å²) in [5.41, 5.74) is 1.31. The van der Waals surface area contributed by atoms with Gasteiger partial charge in [0.15, 0.2) is 0 Å². The Morgan fingerprint density at radius 1 is 1.38 bits per heavy atom. The minimum Gasteiger partial charge on any atom is -0.478 e. The van der Waals surface area contributed by atoms with Crippen molar-refractivity contribution in [3.8, 4) is 0 Å². The minimum absolute atomic E-state index is 0.0364. The van der Waals surface area contributed by atoms with E-state index in [9.17, 15) is 4.79 Å². The van der Waals surface area contributed by atoms with Gasteiger partial charge in [-0.3, -0.25) is 4.68 Å². The molecule has 0 amide bonds. The van der Waals surface area contributed by atoms with E-state index < -0.39 is 5.97 Å². The number of carboxylic acids is 1. The number of aromatic carboxylic acids is 1. The first kappa shape index (κ1) is 10.4. The van der Waals surface area contributed by atoms with Gasteiger partial charge in [-0.15, -0.1) is 0 Å². The first-order valence-electron chi connectivity index (χ1n) is 5.01. The van der Waals surface area contributed by atoms with E-state index in [1.807, 2.05) is 37.3 Å². The smallest absolute Gasteiger partial charge is 0.338 e. The summed E-state index contributed by atoms with van der Waals surface area (Å²) in [6, 6.07) is 9.87. The highest BCUT2D eigenvalue weighted by molar-refractivity contribution is 5.86. The lowest BCUT2D eigenvalue weighted by Crippen LogP contribution is -2.07. The third-order valence-corrected chi connectivity index (χ3v) is 2.53. The highest BCUT2D eigenvalue weighted by Gasteiger charge is 2.11. The second-order valence-electron chi connectivity index (χ2n) is 3.60. The fourth-order valence-corrected chi connectivity index (χ4v) is 1.54. The highest BCUT2D eigenvalue weighted by Crippen LogP contribution is 2.16. The Morgan fingerprint density at radius 3 is 2.62 bits per heavy atom. The Balaban J connectivity index is 2.27. The maximum Gasteiger partial charge on any atom is 0.338 e. The molecule has 0 fully saturated rings. The Morgan fingerprint density at radius 2 is 2.06 bits per heavy atom. The highest BCUT2D eigenvalue weighted by atomic mass is 16.4. The first-order valence-corrected chi connectivity index (χ1v) is 5.01. The van der Waals surface area contributed by atoms with E-state index in [0.717, 1.165) is 5.56 Å². The van der Waals surface area contributed by atoms with Crippen molar-refractivity contribution in [2.75, 3.05) is 0 Å². The molecule has 82 valence electrons. The summed E-state index contributed by atoms with van der Waals surface area (Å²) < 4.78 is 1.65. The van der Waals surface area contributed by atoms with Crippen LogP contribution in [0, 0.1) is 0 Å². The molecule has 1 heterocycles. The van der Waals surface area contributed by atoms with Crippen LogP contribution in [0.4, 0.5) is 0 Å². The molecule has 0 aliphatic carbocycles. The lowest BCUT2D eigenvalue weighted by Gasteiger charge is -2.11. The SMILES string of the molecule is CC(c1ccccc1)n1cc(C(=O)O)cn1. The number of hydrogen-bond donors (Lipinski definition) is 1. The molecule has 1 unspecified atom stereocenters. The predicted octanol–water partition coefficient (Wildman–Crippen LogP) is 2.19. The Labute approximate surface area is 93.1 Å². The van der Waals surface area contributed by atoms with Crippen LogP contribution >= 0.6 is 0 Å². The average molecular weight is 216 g/mol. The zero-order valence-electron chi connectivity index (χ0n) is 8.87. The molecule has 2 aromatic rings. The van der Waals surface area contributed by atoms with Crippen molar-refractivity contribution in [1.82, 2.24) is 9.78 Å². The van der Waals surface area contributed by atoms with Crippen molar-refractivity contribution in [2.45, 2.75) is 13.0 Å². The van der Waals surface area contributed by atoms with Gasteiger partial charge in [-0.05, 0) is 12.5 Å². The number of carboxylic acid groups (broad SMARTS) is 1.